The van der Waals surface area contributed by atoms with Crippen LogP contribution in [0.25, 0.3) is 0 Å². The molecule has 0 amide bonds. The van der Waals surface area contributed by atoms with E-state index in [1.165, 1.54) is 12.5 Å². The summed E-state index contributed by atoms with van der Waals surface area (Å²) in [6, 6.07) is 0. The normalized spacial score (nSPS) is 14.9. The molecule has 0 fully saturated rings. The molecule has 1 aliphatic heterocycles. The Balaban J connectivity index is 2.45. The van der Waals surface area contributed by atoms with Crippen molar-refractivity contribution in [2.45, 2.75) is 6.42 Å². The van der Waals surface area contributed by atoms with Gasteiger partial charge in [0.15, 0.2) is 0 Å². The second kappa shape index (κ2) is 2.30. The van der Waals surface area contributed by atoms with Crippen LogP contribution >= 0.6 is 0 Å². The van der Waals surface area contributed by atoms with Crippen molar-refractivity contribution in [3.8, 4) is 0 Å². The number of hydrogen-bond donors (Lipinski definition) is 1. The Labute approximate surface area is 51.9 Å². The molecule has 0 aromatic carbocycles. The van der Waals surface area contributed by atoms with E-state index in [0.717, 1.165) is 0 Å². The summed E-state index contributed by atoms with van der Waals surface area (Å²) in [5.74, 6) is -0.879. The molecular weight excluding hydrogens is 120 g/mol. The second-order valence-corrected chi connectivity index (χ2v) is 1.58. The van der Waals surface area contributed by atoms with Crippen LogP contribution in [0, 0.1) is 0 Å². The summed E-state index contributed by atoms with van der Waals surface area (Å²) in [5.41, 5.74) is 0.502. The molecule has 1 heterocycles. The molecule has 1 N–H and O–H groups in total. The molecule has 0 aromatic heterocycles. The largest absolute Gasteiger partial charge is 0.481 e. The van der Waals surface area contributed by atoms with E-state index in [0.29, 0.717) is 5.70 Å². The Hall–Kier alpha value is -1.32. The standard InChI is InChI=1S/C5H5N2O2/c8-5(9)1-4-2-6-3-7-4/h2-3H,1H2,(H,8,9). The van der Waals surface area contributed by atoms with E-state index in [1.54, 1.807) is 0 Å². The van der Waals surface area contributed by atoms with Gasteiger partial charge in [0.1, 0.15) is 6.34 Å². The molecule has 9 heavy (non-hydrogen) atoms. The molecule has 47 valence electrons. The lowest BCUT2D eigenvalue weighted by Gasteiger charge is -1.86. The van der Waals surface area contributed by atoms with Crippen LogP contribution in [-0.4, -0.2) is 17.4 Å². The van der Waals surface area contributed by atoms with E-state index < -0.39 is 5.97 Å². The van der Waals surface area contributed by atoms with E-state index in [9.17, 15) is 4.79 Å². The molecule has 1 aliphatic rings. The van der Waals surface area contributed by atoms with Gasteiger partial charge in [0.25, 0.3) is 0 Å². The Bertz CT molecular complexity index is 183. The molecule has 0 aliphatic carbocycles. The van der Waals surface area contributed by atoms with Crippen molar-refractivity contribution in [2.75, 3.05) is 0 Å². The number of carbonyl (C=O) groups is 1. The summed E-state index contributed by atoms with van der Waals surface area (Å²) in [4.78, 5) is 13.7. The summed E-state index contributed by atoms with van der Waals surface area (Å²) in [6.45, 7) is 0. The van der Waals surface area contributed by atoms with E-state index in [1.807, 2.05) is 0 Å². The van der Waals surface area contributed by atoms with Gasteiger partial charge >= 0.3 is 5.97 Å². The highest BCUT2D eigenvalue weighted by Crippen LogP contribution is 2.03. The molecule has 0 saturated carbocycles. The fraction of sp³-hybridized carbons (Fsp3) is 0.200. The molecule has 0 aromatic rings. The lowest BCUT2D eigenvalue weighted by Crippen LogP contribution is -1.94. The Morgan fingerprint density at radius 2 is 2.56 bits per heavy atom. The van der Waals surface area contributed by atoms with Crippen molar-refractivity contribution >= 4 is 12.3 Å². The highest BCUT2D eigenvalue weighted by molar-refractivity contribution is 5.72. The van der Waals surface area contributed by atoms with Gasteiger partial charge in [0.2, 0.25) is 0 Å². The maximum Gasteiger partial charge on any atom is 0.309 e. The molecule has 4 nitrogen and oxygen atoms in total. The lowest BCUT2D eigenvalue weighted by atomic mass is 10.3. The zero-order chi connectivity index (χ0) is 6.69. The fourth-order valence-corrected chi connectivity index (χ4v) is 0.506. The first kappa shape index (κ1) is 5.81. The van der Waals surface area contributed by atoms with Gasteiger partial charge in [-0.25, -0.2) is 10.3 Å². The molecule has 0 spiro atoms. The number of hydrogen-bond acceptors (Lipinski definition) is 2. The van der Waals surface area contributed by atoms with Crippen molar-refractivity contribution in [3.63, 3.8) is 0 Å². The Kier molecular flexibility index (Phi) is 1.48. The van der Waals surface area contributed by atoms with Crippen LogP contribution in [-0.2, 0) is 4.79 Å². The van der Waals surface area contributed by atoms with Crippen molar-refractivity contribution in [1.29, 1.82) is 0 Å². The molecule has 1 rings (SSSR count). The molecule has 4 heteroatoms. The molecule has 1 radical (unpaired) electrons. The Morgan fingerprint density at radius 1 is 1.78 bits per heavy atom. The quantitative estimate of drug-likeness (QED) is 0.562. The van der Waals surface area contributed by atoms with Crippen molar-refractivity contribution in [2.24, 2.45) is 4.99 Å². The van der Waals surface area contributed by atoms with Gasteiger partial charge in [-0.05, 0) is 0 Å². The minimum absolute atomic E-state index is 0.0417. The second-order valence-electron chi connectivity index (χ2n) is 1.58. The van der Waals surface area contributed by atoms with Gasteiger partial charge in [0, 0.05) is 0 Å². The van der Waals surface area contributed by atoms with Crippen LogP contribution < -0.4 is 5.32 Å². The van der Waals surface area contributed by atoms with Crippen molar-refractivity contribution < 1.29 is 9.90 Å². The van der Waals surface area contributed by atoms with Crippen molar-refractivity contribution in [1.82, 2.24) is 5.32 Å². The predicted octanol–water partition coefficient (Wildman–Crippen LogP) is -0.0512. The van der Waals surface area contributed by atoms with E-state index in [4.69, 9.17) is 5.11 Å². The first-order valence-electron chi connectivity index (χ1n) is 2.42. The third-order valence-corrected chi connectivity index (χ3v) is 0.846. The fourth-order valence-electron chi connectivity index (χ4n) is 0.506. The SMILES string of the molecule is O=C(O)CC1=C[N]C=N1. The molecule has 0 saturated heterocycles. The zero-order valence-corrected chi connectivity index (χ0v) is 4.61. The van der Waals surface area contributed by atoms with E-state index in [2.05, 4.69) is 10.3 Å². The molecule has 0 bridgehead atoms. The van der Waals surface area contributed by atoms with E-state index in [-0.39, 0.29) is 6.42 Å². The summed E-state index contributed by atoms with van der Waals surface area (Å²) in [5, 5.41) is 11.8. The predicted molar refractivity (Wildman–Crippen MR) is 31.0 cm³/mol. The average molecular weight is 125 g/mol. The van der Waals surface area contributed by atoms with Gasteiger partial charge in [-0.1, -0.05) is 0 Å². The smallest absolute Gasteiger partial charge is 0.309 e. The maximum atomic E-state index is 10.00. The number of carboxylic acids is 1. The topological polar surface area (TPSA) is 63.8 Å². The highest BCUT2D eigenvalue weighted by atomic mass is 16.4. The summed E-state index contributed by atoms with van der Waals surface area (Å²) < 4.78 is 0. The summed E-state index contributed by atoms with van der Waals surface area (Å²) in [6.07, 6.45) is 2.73. The first-order chi connectivity index (χ1) is 4.29. The highest BCUT2D eigenvalue weighted by Gasteiger charge is 2.04. The van der Waals surface area contributed by atoms with Gasteiger partial charge in [0.05, 0.1) is 18.3 Å². The van der Waals surface area contributed by atoms with Crippen molar-refractivity contribution in [3.05, 3.63) is 11.9 Å². The summed E-state index contributed by atoms with van der Waals surface area (Å²) >= 11 is 0. The van der Waals surface area contributed by atoms with Gasteiger partial charge in [-0.15, -0.1) is 0 Å². The van der Waals surface area contributed by atoms with Gasteiger partial charge in [-0.3, -0.25) is 4.79 Å². The molecular formula is C5H5N2O2. The van der Waals surface area contributed by atoms with Crippen LogP contribution in [0.15, 0.2) is 16.9 Å². The van der Waals surface area contributed by atoms with Crippen LogP contribution in [0.3, 0.4) is 0 Å². The maximum absolute atomic E-state index is 10.00. The van der Waals surface area contributed by atoms with Gasteiger partial charge in [-0.2, -0.15) is 0 Å². The number of carboxylic acid groups (broad SMARTS) is 1. The zero-order valence-electron chi connectivity index (χ0n) is 4.61. The van der Waals surface area contributed by atoms with Gasteiger partial charge < -0.3 is 5.11 Å². The number of rotatable bonds is 2. The minimum Gasteiger partial charge on any atom is -0.481 e. The van der Waals surface area contributed by atoms with E-state index >= 15 is 0 Å². The number of aliphatic imine (C=N–C) groups is 1. The van der Waals surface area contributed by atoms with Crippen LogP contribution in [0.5, 0.6) is 0 Å². The lowest BCUT2D eigenvalue weighted by molar-refractivity contribution is -0.136. The number of nitrogens with zero attached hydrogens (tertiary/aromatic N) is 2. The van der Waals surface area contributed by atoms with Crippen LogP contribution in [0.4, 0.5) is 0 Å². The molecule has 0 unspecified atom stereocenters. The van der Waals surface area contributed by atoms with Crippen LogP contribution in [0.1, 0.15) is 6.42 Å². The average Bonchev–Trinajstić information content (AvgIpc) is 2.15. The van der Waals surface area contributed by atoms with Crippen LogP contribution in [0.2, 0.25) is 0 Å². The summed E-state index contributed by atoms with van der Waals surface area (Å²) in [7, 11) is 0. The minimum atomic E-state index is -0.879. The first-order valence-corrected chi connectivity index (χ1v) is 2.42. The number of aliphatic carboxylic acids is 1. The Morgan fingerprint density at radius 3 is 3.00 bits per heavy atom. The third-order valence-electron chi connectivity index (χ3n) is 0.846. The monoisotopic (exact) mass is 125 g/mol. The molecule has 0 atom stereocenters. The third kappa shape index (κ3) is 1.56.